The number of aromatic nitrogens is 6. The van der Waals surface area contributed by atoms with Crippen molar-refractivity contribution in [2.24, 2.45) is 0 Å². The van der Waals surface area contributed by atoms with Crippen molar-refractivity contribution in [2.75, 3.05) is 0 Å². The molecule has 0 aliphatic carbocycles. The van der Waals surface area contributed by atoms with E-state index in [9.17, 15) is 11.0 Å². The van der Waals surface area contributed by atoms with Gasteiger partial charge < -0.3 is 4.57 Å². The highest BCUT2D eigenvalue weighted by atomic mass is 15.2. The molecule has 0 bridgehead atoms. The maximum atomic E-state index is 9.89. The summed E-state index contributed by atoms with van der Waals surface area (Å²) in [6.07, 6.45) is -4.87. The predicted molar refractivity (Wildman–Crippen MR) is 313 cm³/mol. The number of hydrogen-bond donors (Lipinski definition) is 0. The highest BCUT2D eigenvalue weighted by Gasteiger charge is 2.23. The Kier molecular flexibility index (Phi) is 9.38. The molecule has 0 saturated carbocycles. The number of nitrogens with zero attached hydrogens (tertiary/aromatic N) is 6. The molecule has 0 atom stereocenters. The lowest BCUT2D eigenvalue weighted by Crippen LogP contribution is -2.00. The van der Waals surface area contributed by atoms with Crippen molar-refractivity contribution in [1.29, 1.82) is 0 Å². The molecule has 0 spiro atoms. The molecule has 0 saturated heterocycles. The summed E-state index contributed by atoms with van der Waals surface area (Å²) in [5, 5.41) is 8.69. The molecule has 0 aliphatic rings. The molecule has 6 heteroatoms. The van der Waals surface area contributed by atoms with Crippen molar-refractivity contribution in [3.8, 4) is 61.6 Å². The van der Waals surface area contributed by atoms with Crippen LogP contribution in [-0.4, -0.2) is 29.1 Å². The number of rotatable bonds is 12. The Morgan fingerprint density at radius 3 is 1.58 bits per heavy atom. The van der Waals surface area contributed by atoms with Crippen molar-refractivity contribution in [2.45, 2.75) is 25.5 Å². The van der Waals surface area contributed by atoms with Gasteiger partial charge in [0, 0.05) is 79.0 Å². The van der Waals surface area contributed by atoms with Gasteiger partial charge in [0.2, 0.25) is 0 Å². The fourth-order valence-electron chi connectivity index (χ4n) is 10.7. The lowest BCUT2D eigenvalue weighted by atomic mass is 9.86. The average molecular weight is 983 g/mol. The Labute approximate surface area is 452 Å². The van der Waals surface area contributed by atoms with Crippen LogP contribution in [0.5, 0.6) is 0 Å². The summed E-state index contributed by atoms with van der Waals surface area (Å²) in [5.74, 6) is 0. The molecule has 0 amide bonds. The van der Waals surface area contributed by atoms with E-state index >= 15 is 0 Å². The van der Waals surface area contributed by atoms with E-state index in [2.05, 4.69) is 69.1 Å². The number of para-hydroxylation sites is 3. The summed E-state index contributed by atoms with van der Waals surface area (Å²) in [6.45, 7) is 0. The predicted octanol–water partition coefficient (Wildman–Crippen LogP) is 16.8. The minimum Gasteiger partial charge on any atom is -0.309 e. The van der Waals surface area contributed by atoms with E-state index in [1.165, 1.54) is 30.6 Å². The van der Waals surface area contributed by atoms with E-state index in [1.54, 1.807) is 30.5 Å². The van der Waals surface area contributed by atoms with Gasteiger partial charge in [-0.05, 0) is 125 Å². The van der Waals surface area contributed by atoms with Gasteiger partial charge in [-0.2, -0.15) is 5.10 Å². The van der Waals surface area contributed by atoms with E-state index in [4.69, 9.17) is 10.1 Å². The largest absolute Gasteiger partial charge is 0.309 e. The van der Waals surface area contributed by atoms with Crippen LogP contribution in [0, 0.1) is 0 Å². The third-order valence-electron chi connectivity index (χ3n) is 14.2. The number of benzene rings is 8. The van der Waals surface area contributed by atoms with Crippen molar-refractivity contribution >= 4 is 49.1 Å². The summed E-state index contributed by atoms with van der Waals surface area (Å²) < 4.78 is 82.3. The molecule has 0 fully saturated rings. The molecule has 360 valence electrons. The first kappa shape index (κ1) is 37.0. The second-order valence-electron chi connectivity index (χ2n) is 18.8. The minimum absolute atomic E-state index is 0.0306. The second-order valence-corrected chi connectivity index (χ2v) is 18.8. The normalized spacial score (nSPS) is 13.9. The maximum Gasteiger partial charge on any atom is 0.0824 e. The van der Waals surface area contributed by atoms with Crippen LogP contribution in [0.4, 0.5) is 0 Å². The van der Waals surface area contributed by atoms with Gasteiger partial charge in [0.1, 0.15) is 0 Å². The Morgan fingerprint density at radius 2 is 0.921 bits per heavy atom. The van der Waals surface area contributed by atoms with Gasteiger partial charge in [-0.3, -0.25) is 15.0 Å². The molecule has 6 heterocycles. The van der Waals surface area contributed by atoms with Crippen LogP contribution in [0.1, 0.15) is 33.2 Å². The highest BCUT2D eigenvalue weighted by Crippen LogP contribution is 2.46. The highest BCUT2D eigenvalue weighted by molar-refractivity contribution is 6.20. The van der Waals surface area contributed by atoms with Crippen molar-refractivity contribution in [3.05, 3.63) is 278 Å². The number of aryl methyl sites for hydroxylation is 4. The zero-order valence-electron chi connectivity index (χ0n) is 48.9. The molecule has 8 aromatic carbocycles. The molecule has 76 heavy (non-hydrogen) atoms. The van der Waals surface area contributed by atoms with E-state index in [0.29, 0.717) is 33.6 Å². The third-order valence-corrected chi connectivity index (χ3v) is 14.2. The van der Waals surface area contributed by atoms with Crippen LogP contribution in [0.15, 0.2) is 255 Å². The Morgan fingerprint density at radius 1 is 0.355 bits per heavy atom. The Bertz CT molecular complexity index is 4710. The lowest BCUT2D eigenvalue weighted by Gasteiger charge is -2.19. The fraction of sp³-hybridized carbons (Fsp3) is 0.0571. The number of hydrogen-bond acceptors (Lipinski definition) is 4. The molecule has 6 aromatic heterocycles. The van der Waals surface area contributed by atoms with Gasteiger partial charge in [-0.25, -0.2) is 4.52 Å². The quantitative estimate of drug-likeness (QED) is 0.114. The number of pyridine rings is 4. The summed E-state index contributed by atoms with van der Waals surface area (Å²) in [5.41, 5.74) is 11.9. The Hall–Kier alpha value is -9.78. The molecule has 0 radical (unpaired) electrons. The lowest BCUT2D eigenvalue weighted by molar-refractivity contribution is 0.923. The van der Waals surface area contributed by atoms with Crippen LogP contribution >= 0.6 is 0 Å². The van der Waals surface area contributed by atoms with Gasteiger partial charge in [-0.1, -0.05) is 176 Å². The van der Waals surface area contributed by atoms with Gasteiger partial charge in [0.25, 0.3) is 0 Å². The van der Waals surface area contributed by atoms with Gasteiger partial charge in [-0.15, -0.1) is 0 Å². The van der Waals surface area contributed by atoms with Crippen molar-refractivity contribution in [3.63, 3.8) is 0 Å². The maximum absolute atomic E-state index is 9.89. The summed E-state index contributed by atoms with van der Waals surface area (Å²) in [6, 6.07) is 72.5. The van der Waals surface area contributed by atoms with E-state index in [0.717, 1.165) is 77.1 Å². The molecule has 0 unspecified atom stereocenters. The van der Waals surface area contributed by atoms with Gasteiger partial charge in [0.15, 0.2) is 0 Å². The molecule has 14 rings (SSSR count). The summed E-state index contributed by atoms with van der Waals surface area (Å²) in [4.78, 5) is 14.5. The van der Waals surface area contributed by atoms with E-state index in [-0.39, 0.29) is 22.3 Å². The van der Waals surface area contributed by atoms with Crippen LogP contribution < -0.4 is 0 Å². The van der Waals surface area contributed by atoms with Crippen LogP contribution in [-0.2, 0) is 25.5 Å². The minimum atomic E-state index is -2.86. The first-order valence-corrected chi connectivity index (χ1v) is 25.3. The zero-order chi connectivity index (χ0) is 57.5. The van der Waals surface area contributed by atoms with E-state index < -0.39 is 25.5 Å². The zero-order valence-corrected chi connectivity index (χ0v) is 40.9. The smallest absolute Gasteiger partial charge is 0.0824 e. The van der Waals surface area contributed by atoms with Crippen LogP contribution in [0.3, 0.4) is 0 Å². The monoisotopic (exact) mass is 982 g/mol. The van der Waals surface area contributed by atoms with E-state index in [1.807, 2.05) is 144 Å². The van der Waals surface area contributed by atoms with Crippen molar-refractivity contribution < 1.29 is 11.0 Å². The molecule has 0 aliphatic heterocycles. The summed E-state index contributed by atoms with van der Waals surface area (Å²) in [7, 11) is 0. The van der Waals surface area contributed by atoms with Crippen molar-refractivity contribution in [1.82, 2.24) is 29.1 Å². The standard InChI is InChI=1S/C70H50N6/c1-4-16-51(17-5-1)62-35-32-47(44-71-62)28-30-49-40-50(31-29-48-33-36-63(72-45-48)52-18-6-2-7-19-52)42-54(41-49)56-22-10-11-23-57(56)61-46-73-70-59-25-13-15-27-66(59)76-67(38-39-74-76)69(70)68(61)53-34-37-65-60(43-53)58-24-12-14-26-64(58)75(65)55-20-8-3-9-21-55/h1-27,32-46H,28-31H2/i28D2,29D2,30D2,31D2. The fourth-order valence-corrected chi connectivity index (χ4v) is 10.7. The second kappa shape index (κ2) is 19.2. The van der Waals surface area contributed by atoms with Gasteiger partial charge >= 0.3 is 0 Å². The number of fused-ring (bicyclic) bond motifs is 9. The summed E-state index contributed by atoms with van der Waals surface area (Å²) >= 11 is 0. The third kappa shape index (κ3) is 8.17. The average Bonchev–Trinajstić information content (AvgIpc) is 1.58. The molecular formula is C70H50N6. The topological polar surface area (TPSA) is 60.9 Å². The van der Waals surface area contributed by atoms with Crippen LogP contribution in [0.25, 0.3) is 111 Å². The molecule has 0 N–H and O–H groups in total. The Balaban J connectivity index is 0.997. The van der Waals surface area contributed by atoms with Gasteiger partial charge in [0.05, 0.1) is 45.2 Å². The molecule has 14 aromatic rings. The first-order valence-electron chi connectivity index (χ1n) is 29.3. The molecular weight excluding hydrogens is 925 g/mol. The molecule has 6 nitrogen and oxygen atoms in total. The SMILES string of the molecule is [2H]C([2H])(c1ccc(-c2ccccc2)nc1)C([2H])([2H])c1cc(-c2ccccc2-c2cnc3c4ccccc4n4nccc4c3c2-c2ccc3c(c2)c2ccccc2n3-c2ccccc2)cc(C([2H])([2H])C([2H])([2H])c2ccc(-c3ccccc3)nc2)c1. The first-order chi connectivity index (χ1) is 40.7. The van der Waals surface area contributed by atoms with Crippen LogP contribution in [0.2, 0.25) is 0 Å².